The number of pyridine rings is 1. The van der Waals surface area contributed by atoms with Crippen LogP contribution in [0, 0.1) is 5.41 Å². The maximum Gasteiger partial charge on any atom is 0.271 e. The van der Waals surface area contributed by atoms with E-state index in [0.29, 0.717) is 17.8 Å². The largest absolute Gasteiger partial charge is 0.507 e. The molecule has 1 aromatic carbocycles. The molecule has 0 saturated heterocycles. The Labute approximate surface area is 212 Å². The average Bonchev–Trinajstić information content (AvgIpc) is 3.00. The highest BCUT2D eigenvalue weighted by Crippen LogP contribution is 2.40. The van der Waals surface area contributed by atoms with E-state index in [-0.39, 0.29) is 63.3 Å². The number of carbonyl (C=O) groups excluding carboxylic acids is 2. The summed E-state index contributed by atoms with van der Waals surface area (Å²) in [7, 11) is 3.31. The van der Waals surface area contributed by atoms with Crippen LogP contribution in [0.5, 0.6) is 5.75 Å². The molecule has 0 atom stereocenters. The molecule has 0 bridgehead atoms. The molecule has 0 fully saturated rings. The topological polar surface area (TPSA) is 97.6 Å². The van der Waals surface area contributed by atoms with Gasteiger partial charge in [0, 0.05) is 42.9 Å². The van der Waals surface area contributed by atoms with Gasteiger partial charge in [0.05, 0.1) is 6.54 Å². The minimum atomic E-state index is -0.337. The zero-order valence-corrected chi connectivity index (χ0v) is 23.0. The first-order valence-electron chi connectivity index (χ1n) is 11.1. The van der Waals surface area contributed by atoms with Crippen molar-refractivity contribution in [1.82, 2.24) is 14.8 Å². The fraction of sp³-hybridized carbons (Fsp3) is 0.462. The van der Waals surface area contributed by atoms with Gasteiger partial charge in [-0.15, -0.1) is 17.0 Å². The number of carbonyl (C=O) groups is 2. The molecule has 1 amide bonds. The Kier molecular flexibility index (Phi) is 7.67. The van der Waals surface area contributed by atoms with E-state index in [1.807, 2.05) is 41.5 Å². The Bertz CT molecular complexity index is 1110. The zero-order chi connectivity index (χ0) is 24.9. The summed E-state index contributed by atoms with van der Waals surface area (Å²) in [6.45, 7) is 12.5. The van der Waals surface area contributed by atoms with Gasteiger partial charge in [0.15, 0.2) is 5.78 Å². The second kappa shape index (κ2) is 9.49. The van der Waals surface area contributed by atoms with Gasteiger partial charge >= 0.3 is 0 Å². The summed E-state index contributed by atoms with van der Waals surface area (Å²) < 4.78 is 0. The summed E-state index contributed by atoms with van der Waals surface area (Å²) in [4.78, 5) is 33.1. The van der Waals surface area contributed by atoms with Gasteiger partial charge in [0.25, 0.3) is 5.91 Å². The lowest BCUT2D eigenvalue weighted by molar-refractivity contribution is 0.0821. The van der Waals surface area contributed by atoms with E-state index in [0.717, 1.165) is 16.7 Å². The molecule has 1 aliphatic rings. The van der Waals surface area contributed by atoms with Crippen LogP contribution in [-0.2, 0) is 17.4 Å². The number of Topliss-reactive ketones (excluding diaryl/α,β-unsaturated/α-hetero) is 1. The molecule has 34 heavy (non-hydrogen) atoms. The molecule has 184 valence electrons. The van der Waals surface area contributed by atoms with Crippen molar-refractivity contribution in [3.63, 3.8) is 0 Å². The molecule has 2 aromatic rings. The van der Waals surface area contributed by atoms with Crippen LogP contribution in [0.1, 0.15) is 84.8 Å². The van der Waals surface area contributed by atoms with Gasteiger partial charge in [-0.25, -0.2) is 4.98 Å². The lowest BCUT2D eigenvalue weighted by Gasteiger charge is -2.28. The van der Waals surface area contributed by atoms with Gasteiger partial charge in [0.1, 0.15) is 23.0 Å². The second-order valence-corrected chi connectivity index (χ2v) is 11.0. The highest BCUT2D eigenvalue weighted by atomic mass is 79.9. The van der Waals surface area contributed by atoms with E-state index in [9.17, 15) is 14.7 Å². The summed E-state index contributed by atoms with van der Waals surface area (Å²) in [5, 5.41) is 19.5. The van der Waals surface area contributed by atoms with Crippen molar-refractivity contribution in [2.24, 2.45) is 0 Å². The monoisotopic (exact) mass is 530 g/mol. The SMILES string of the molecule is Br.CN(C)C(=O)c1ccc2c(n1)C(=N)N(CC(=O)c1cc(C(C)(C)C)c(O)c(C(C)(C)C)c1)C2. The molecule has 2 heterocycles. The second-order valence-electron chi connectivity index (χ2n) is 11.0. The van der Waals surface area contributed by atoms with E-state index >= 15 is 0 Å². The molecule has 8 heteroatoms. The predicted molar refractivity (Wildman–Crippen MR) is 140 cm³/mol. The number of hydrogen-bond donors (Lipinski definition) is 2. The maximum atomic E-state index is 13.3. The Morgan fingerprint density at radius 1 is 1.06 bits per heavy atom. The number of phenols is 1. The van der Waals surface area contributed by atoms with Crippen molar-refractivity contribution < 1.29 is 14.7 Å². The average molecular weight is 531 g/mol. The quantitative estimate of drug-likeness (QED) is 0.559. The highest BCUT2D eigenvalue weighted by molar-refractivity contribution is 8.93. The number of hydrogen-bond acceptors (Lipinski definition) is 5. The summed E-state index contributed by atoms with van der Waals surface area (Å²) >= 11 is 0. The Hall–Kier alpha value is -2.74. The van der Waals surface area contributed by atoms with E-state index in [2.05, 4.69) is 4.98 Å². The maximum absolute atomic E-state index is 13.3. The molecule has 3 rings (SSSR count). The van der Waals surface area contributed by atoms with Crippen molar-refractivity contribution in [1.29, 1.82) is 5.41 Å². The number of nitrogens with zero attached hydrogens (tertiary/aromatic N) is 3. The molecular weight excluding hydrogens is 496 g/mol. The number of rotatable bonds is 4. The van der Waals surface area contributed by atoms with Crippen LogP contribution in [-0.4, -0.2) is 58.1 Å². The van der Waals surface area contributed by atoms with E-state index < -0.39 is 0 Å². The molecule has 2 N–H and O–H groups in total. The highest BCUT2D eigenvalue weighted by Gasteiger charge is 2.31. The first-order valence-corrected chi connectivity index (χ1v) is 11.1. The van der Waals surface area contributed by atoms with Gasteiger partial charge in [-0.1, -0.05) is 47.6 Å². The normalized spacial score (nSPS) is 13.4. The van der Waals surface area contributed by atoms with Crippen LogP contribution in [0.25, 0.3) is 0 Å². The first kappa shape index (κ1) is 27.5. The number of nitrogens with one attached hydrogen (secondary N) is 1. The van der Waals surface area contributed by atoms with E-state index in [4.69, 9.17) is 5.41 Å². The first-order chi connectivity index (χ1) is 15.1. The third-order valence-electron chi connectivity index (χ3n) is 5.89. The minimum Gasteiger partial charge on any atom is -0.507 e. The number of benzene rings is 1. The van der Waals surface area contributed by atoms with E-state index in [1.54, 1.807) is 43.3 Å². The molecule has 0 spiro atoms. The van der Waals surface area contributed by atoms with Gasteiger partial charge in [-0.2, -0.15) is 0 Å². The van der Waals surface area contributed by atoms with Crippen LogP contribution in [0.2, 0.25) is 0 Å². The van der Waals surface area contributed by atoms with Crippen molar-refractivity contribution in [2.45, 2.75) is 58.9 Å². The van der Waals surface area contributed by atoms with Gasteiger partial charge in [0.2, 0.25) is 0 Å². The van der Waals surface area contributed by atoms with Crippen LogP contribution >= 0.6 is 17.0 Å². The van der Waals surface area contributed by atoms with Crippen LogP contribution in [0.3, 0.4) is 0 Å². The molecule has 0 radical (unpaired) electrons. The number of ketones is 1. The van der Waals surface area contributed by atoms with Crippen molar-refractivity contribution in [3.8, 4) is 5.75 Å². The number of aromatic hydroxyl groups is 1. The van der Waals surface area contributed by atoms with Crippen LogP contribution in [0.15, 0.2) is 24.3 Å². The molecule has 1 aromatic heterocycles. The lowest BCUT2D eigenvalue weighted by atomic mass is 9.78. The smallest absolute Gasteiger partial charge is 0.271 e. The Morgan fingerprint density at radius 3 is 2.06 bits per heavy atom. The Balaban J connectivity index is 0.00000408. The van der Waals surface area contributed by atoms with Gasteiger partial charge in [-0.3, -0.25) is 15.0 Å². The van der Waals surface area contributed by atoms with Crippen molar-refractivity contribution in [3.05, 3.63) is 57.9 Å². The number of phenolic OH excluding ortho intramolecular Hbond substituents is 1. The standard InChI is InChI=1S/C26H34N4O3.BrH/c1-25(2,3)17-11-16(12-18(22(17)32)26(4,5)6)20(31)14-30-13-15-9-10-19(24(33)29(7)8)28-21(15)23(30)27;/h9-12,27,32H,13-14H2,1-8H3;1H. The molecule has 1 aliphatic heterocycles. The zero-order valence-electron chi connectivity index (χ0n) is 21.2. The summed E-state index contributed by atoms with van der Waals surface area (Å²) in [6.07, 6.45) is 0. The number of fused-ring (bicyclic) bond motifs is 1. The molecular formula is C26H35BrN4O3. The van der Waals surface area contributed by atoms with Crippen molar-refractivity contribution >= 4 is 34.5 Å². The van der Waals surface area contributed by atoms with Crippen LogP contribution in [0.4, 0.5) is 0 Å². The summed E-state index contributed by atoms with van der Waals surface area (Å²) in [5.74, 6) is 0.00886. The third kappa shape index (κ3) is 5.32. The predicted octanol–water partition coefficient (Wildman–Crippen LogP) is 4.69. The van der Waals surface area contributed by atoms with E-state index in [1.165, 1.54) is 4.90 Å². The summed E-state index contributed by atoms with van der Waals surface area (Å²) in [5.41, 5.74) is 2.83. The lowest BCUT2D eigenvalue weighted by Crippen LogP contribution is -2.31. The number of amides is 1. The fourth-order valence-corrected chi connectivity index (χ4v) is 3.94. The number of halogens is 1. The molecule has 7 nitrogen and oxygen atoms in total. The van der Waals surface area contributed by atoms with Crippen molar-refractivity contribution in [2.75, 3.05) is 20.6 Å². The van der Waals surface area contributed by atoms with Gasteiger partial charge in [-0.05, 0) is 29.0 Å². The molecule has 0 unspecified atom stereocenters. The summed E-state index contributed by atoms with van der Waals surface area (Å²) in [6, 6.07) is 7.00. The molecule has 0 aliphatic carbocycles. The molecule has 0 saturated carbocycles. The van der Waals surface area contributed by atoms with Crippen LogP contribution < -0.4 is 0 Å². The van der Waals surface area contributed by atoms with Gasteiger partial charge < -0.3 is 14.9 Å². The fourth-order valence-electron chi connectivity index (χ4n) is 3.94. The Morgan fingerprint density at radius 2 is 1.59 bits per heavy atom. The minimum absolute atomic E-state index is 0. The third-order valence-corrected chi connectivity index (χ3v) is 5.89. The number of aromatic nitrogens is 1. The number of amidine groups is 1.